The molecule has 1 saturated carbocycles. The minimum Gasteiger partial charge on any atom is -0.368 e. The van der Waals surface area contributed by atoms with E-state index in [2.05, 4.69) is 16.9 Å². The number of benzene rings is 1. The average Bonchev–Trinajstić information content (AvgIpc) is 2.77. The Hall–Kier alpha value is -2.93. The third-order valence-electron chi connectivity index (χ3n) is 6.56. The lowest BCUT2D eigenvalue weighted by Gasteiger charge is -2.32. The van der Waals surface area contributed by atoms with Gasteiger partial charge < -0.3 is 10.6 Å². The summed E-state index contributed by atoms with van der Waals surface area (Å²) >= 11 is 0. The Labute approximate surface area is 193 Å². The SMILES string of the molecule is C[C@@H]1C[C@H](N)C[C@H](c2ccncc2CC(=O)c2cccc3cc(N(C)CC(F)F)cnc23)C1. The molecule has 5 nitrogen and oxygen atoms in total. The molecule has 2 N–H and O–H groups in total. The number of ketones is 1. The van der Waals surface area contributed by atoms with E-state index < -0.39 is 6.43 Å². The van der Waals surface area contributed by atoms with Gasteiger partial charge in [0, 0.05) is 42.9 Å². The number of anilines is 1. The van der Waals surface area contributed by atoms with Crippen LogP contribution >= 0.6 is 0 Å². The second-order valence-corrected chi connectivity index (χ2v) is 9.29. The van der Waals surface area contributed by atoms with Gasteiger partial charge in [0.25, 0.3) is 6.43 Å². The van der Waals surface area contributed by atoms with Crippen LogP contribution in [0.2, 0.25) is 0 Å². The smallest absolute Gasteiger partial charge is 0.255 e. The zero-order chi connectivity index (χ0) is 23.5. The molecule has 0 unspecified atom stereocenters. The summed E-state index contributed by atoms with van der Waals surface area (Å²) in [5.74, 6) is 0.840. The monoisotopic (exact) mass is 452 g/mol. The first-order valence-corrected chi connectivity index (χ1v) is 11.4. The van der Waals surface area contributed by atoms with E-state index in [1.165, 1.54) is 4.90 Å². The molecule has 3 atom stereocenters. The summed E-state index contributed by atoms with van der Waals surface area (Å²) in [5, 5.41) is 0.748. The van der Waals surface area contributed by atoms with Crippen LogP contribution < -0.4 is 10.6 Å². The Bertz CT molecular complexity index is 1130. The second-order valence-electron chi connectivity index (χ2n) is 9.29. The number of fused-ring (bicyclic) bond motifs is 1. The van der Waals surface area contributed by atoms with Crippen LogP contribution in [0.4, 0.5) is 14.5 Å². The van der Waals surface area contributed by atoms with Gasteiger partial charge in [-0.15, -0.1) is 0 Å². The molecule has 7 heteroatoms. The molecule has 0 aliphatic heterocycles. The summed E-state index contributed by atoms with van der Waals surface area (Å²) in [6.07, 6.45) is 5.92. The maximum Gasteiger partial charge on any atom is 0.255 e. The van der Waals surface area contributed by atoms with Crippen molar-refractivity contribution in [2.45, 2.75) is 51.0 Å². The van der Waals surface area contributed by atoms with Crippen molar-refractivity contribution < 1.29 is 13.6 Å². The molecule has 0 saturated heterocycles. The number of halogens is 2. The van der Waals surface area contributed by atoms with Crippen LogP contribution in [0, 0.1) is 5.92 Å². The highest BCUT2D eigenvalue weighted by Crippen LogP contribution is 2.37. The summed E-state index contributed by atoms with van der Waals surface area (Å²) in [4.78, 5) is 23.6. The highest BCUT2D eigenvalue weighted by Gasteiger charge is 2.27. The van der Waals surface area contributed by atoms with Gasteiger partial charge in [0.05, 0.1) is 23.9 Å². The lowest BCUT2D eigenvalue weighted by atomic mass is 9.75. The van der Waals surface area contributed by atoms with Crippen molar-refractivity contribution in [3.05, 3.63) is 65.6 Å². The highest BCUT2D eigenvalue weighted by atomic mass is 19.3. The molecule has 0 bridgehead atoms. The van der Waals surface area contributed by atoms with Crippen molar-refractivity contribution in [1.29, 1.82) is 0 Å². The Kier molecular flexibility index (Phi) is 6.98. The number of hydrogen-bond donors (Lipinski definition) is 1. The van der Waals surface area contributed by atoms with Gasteiger partial charge in [-0.05, 0) is 60.4 Å². The molecule has 1 aromatic carbocycles. The third kappa shape index (κ3) is 5.36. The number of hydrogen-bond acceptors (Lipinski definition) is 5. The van der Waals surface area contributed by atoms with Crippen LogP contribution in [-0.2, 0) is 6.42 Å². The molecule has 4 rings (SSSR count). The molecule has 0 spiro atoms. The van der Waals surface area contributed by atoms with E-state index in [9.17, 15) is 13.6 Å². The second kappa shape index (κ2) is 9.91. The van der Waals surface area contributed by atoms with Crippen LogP contribution in [0.25, 0.3) is 10.9 Å². The molecule has 0 radical (unpaired) electrons. The first kappa shape index (κ1) is 23.2. The molecule has 33 heavy (non-hydrogen) atoms. The van der Waals surface area contributed by atoms with E-state index in [0.717, 1.165) is 35.8 Å². The quantitative estimate of drug-likeness (QED) is 0.512. The van der Waals surface area contributed by atoms with E-state index in [1.807, 2.05) is 12.1 Å². The highest BCUT2D eigenvalue weighted by molar-refractivity contribution is 6.07. The normalized spacial score (nSPS) is 20.8. The molecular weight excluding hydrogens is 422 g/mol. The molecule has 1 fully saturated rings. The Morgan fingerprint density at radius 2 is 2.03 bits per heavy atom. The third-order valence-corrected chi connectivity index (χ3v) is 6.56. The van der Waals surface area contributed by atoms with E-state index in [1.54, 1.807) is 43.8 Å². The molecule has 1 aliphatic rings. The van der Waals surface area contributed by atoms with Crippen LogP contribution in [0.3, 0.4) is 0 Å². The van der Waals surface area contributed by atoms with Crippen molar-refractivity contribution in [3.63, 3.8) is 0 Å². The Balaban J connectivity index is 1.60. The summed E-state index contributed by atoms with van der Waals surface area (Å²) in [6, 6.07) is 9.41. The minimum atomic E-state index is -2.44. The summed E-state index contributed by atoms with van der Waals surface area (Å²) in [5.41, 5.74) is 10.1. The first-order valence-electron chi connectivity index (χ1n) is 11.4. The topological polar surface area (TPSA) is 72.1 Å². The number of carbonyl (C=O) groups excluding carboxylic acids is 1. The Morgan fingerprint density at radius 1 is 1.21 bits per heavy atom. The predicted octanol–water partition coefficient (Wildman–Crippen LogP) is 4.99. The van der Waals surface area contributed by atoms with Crippen molar-refractivity contribution in [2.75, 3.05) is 18.5 Å². The van der Waals surface area contributed by atoms with E-state index in [0.29, 0.717) is 28.6 Å². The van der Waals surface area contributed by atoms with Gasteiger partial charge in [-0.3, -0.25) is 14.8 Å². The van der Waals surface area contributed by atoms with Gasteiger partial charge in [-0.1, -0.05) is 19.1 Å². The summed E-state index contributed by atoms with van der Waals surface area (Å²) < 4.78 is 25.5. The summed E-state index contributed by atoms with van der Waals surface area (Å²) in [6.45, 7) is 1.85. The number of nitrogens with two attached hydrogens (primary N) is 1. The van der Waals surface area contributed by atoms with Crippen molar-refractivity contribution >= 4 is 22.4 Å². The number of alkyl halides is 2. The molecular formula is C26H30F2N4O. The fraction of sp³-hybridized carbons (Fsp3) is 0.423. The molecule has 0 amide bonds. The number of nitrogens with zero attached hydrogens (tertiary/aromatic N) is 3. The molecule has 1 aliphatic carbocycles. The van der Waals surface area contributed by atoms with Crippen LogP contribution in [0.5, 0.6) is 0 Å². The Morgan fingerprint density at radius 3 is 2.79 bits per heavy atom. The zero-order valence-electron chi connectivity index (χ0n) is 19.0. The predicted molar refractivity (Wildman–Crippen MR) is 127 cm³/mol. The van der Waals surface area contributed by atoms with E-state index >= 15 is 0 Å². The lowest BCUT2D eigenvalue weighted by molar-refractivity contribution is 0.0993. The van der Waals surface area contributed by atoms with Gasteiger partial charge in [-0.2, -0.15) is 0 Å². The fourth-order valence-corrected chi connectivity index (χ4v) is 5.06. The average molecular weight is 453 g/mol. The van der Waals surface area contributed by atoms with E-state index in [4.69, 9.17) is 5.73 Å². The minimum absolute atomic E-state index is 0.0378. The zero-order valence-corrected chi connectivity index (χ0v) is 19.0. The first-order chi connectivity index (χ1) is 15.8. The van der Waals surface area contributed by atoms with Gasteiger partial charge in [-0.25, -0.2) is 8.78 Å². The lowest BCUT2D eigenvalue weighted by Crippen LogP contribution is -2.31. The number of para-hydroxylation sites is 1. The van der Waals surface area contributed by atoms with Crippen LogP contribution in [0.1, 0.15) is 53.6 Å². The van der Waals surface area contributed by atoms with Crippen molar-refractivity contribution in [2.24, 2.45) is 11.7 Å². The molecule has 2 aromatic heterocycles. The number of carbonyl (C=O) groups is 1. The standard InChI is InChI=1S/C26H30F2N4O/c1-16-8-18(10-20(29)9-16)22-6-7-30-13-19(22)12-24(33)23-5-3-4-17-11-21(14-31-26(17)23)32(2)15-25(27)28/h3-7,11,13-14,16,18,20,25H,8-10,12,15,29H2,1-2H3/t16-,18+,20-/m0/s1. The van der Waals surface area contributed by atoms with Gasteiger partial charge in [0.1, 0.15) is 0 Å². The molecule has 174 valence electrons. The fourth-order valence-electron chi connectivity index (χ4n) is 5.06. The molecule has 3 aromatic rings. The van der Waals surface area contributed by atoms with E-state index in [-0.39, 0.29) is 24.8 Å². The van der Waals surface area contributed by atoms with Gasteiger partial charge >= 0.3 is 0 Å². The van der Waals surface area contributed by atoms with Crippen molar-refractivity contribution in [3.8, 4) is 0 Å². The number of aromatic nitrogens is 2. The number of rotatable bonds is 7. The van der Waals surface area contributed by atoms with Gasteiger partial charge in [0.15, 0.2) is 5.78 Å². The molecule has 2 heterocycles. The van der Waals surface area contributed by atoms with Crippen molar-refractivity contribution in [1.82, 2.24) is 9.97 Å². The maximum atomic E-state index is 13.4. The number of Topliss-reactive ketones (excluding diaryl/α,β-unsaturated/α-hetero) is 1. The number of pyridine rings is 2. The van der Waals surface area contributed by atoms with Crippen LogP contribution in [0.15, 0.2) is 48.9 Å². The largest absolute Gasteiger partial charge is 0.368 e. The van der Waals surface area contributed by atoms with Gasteiger partial charge in [0.2, 0.25) is 0 Å². The van der Waals surface area contributed by atoms with Crippen LogP contribution in [-0.4, -0.2) is 41.8 Å². The maximum absolute atomic E-state index is 13.4. The summed E-state index contributed by atoms with van der Waals surface area (Å²) in [7, 11) is 1.60.